The third-order valence-electron chi connectivity index (χ3n) is 1.72. The number of aromatic nitrogens is 2. The maximum atomic E-state index is 11.4. The number of aryl methyl sites for hydroxylation is 1. The van der Waals surface area contributed by atoms with Crippen LogP contribution in [0.4, 0.5) is 0 Å². The molecule has 4 heteroatoms. The van der Waals surface area contributed by atoms with Crippen molar-refractivity contribution in [2.24, 2.45) is 0 Å². The van der Waals surface area contributed by atoms with Gasteiger partial charge in [0.25, 0.3) is 0 Å². The summed E-state index contributed by atoms with van der Waals surface area (Å²) in [4.78, 5) is 11.4. The van der Waals surface area contributed by atoms with Gasteiger partial charge in [-0.05, 0) is 13.8 Å². The normalized spacial score (nSPS) is 10.3. The van der Waals surface area contributed by atoms with Crippen LogP contribution in [-0.2, 0) is 11.3 Å². The first-order valence-electron chi connectivity index (χ1n) is 4.41. The molecule has 0 saturated heterocycles. The molecule has 0 saturated carbocycles. The summed E-state index contributed by atoms with van der Waals surface area (Å²) in [6, 6.07) is 0. The molecule has 1 aromatic rings. The molecule has 13 heavy (non-hydrogen) atoms. The first-order chi connectivity index (χ1) is 6.27. The van der Waals surface area contributed by atoms with Crippen LogP contribution in [0.15, 0.2) is 12.4 Å². The van der Waals surface area contributed by atoms with Crippen molar-refractivity contribution in [3.8, 4) is 0 Å². The number of carbonyl (C=O) groups excluding carboxylic acids is 1. The topological polar surface area (TPSA) is 44.1 Å². The predicted molar refractivity (Wildman–Crippen MR) is 48.7 cm³/mol. The third kappa shape index (κ3) is 2.66. The molecule has 0 amide bonds. The molecular formula is C9H14N2O2. The van der Waals surface area contributed by atoms with Gasteiger partial charge in [-0.25, -0.2) is 0 Å². The summed E-state index contributed by atoms with van der Waals surface area (Å²) in [5, 5.41) is 4.00. The molecule has 0 aliphatic carbocycles. The van der Waals surface area contributed by atoms with Crippen molar-refractivity contribution in [2.45, 2.75) is 20.4 Å². The molecular weight excluding hydrogens is 168 g/mol. The van der Waals surface area contributed by atoms with Gasteiger partial charge in [-0.3, -0.25) is 9.48 Å². The number of nitrogens with zero attached hydrogens (tertiary/aromatic N) is 2. The fraction of sp³-hybridized carbons (Fsp3) is 0.556. The van der Waals surface area contributed by atoms with Crippen molar-refractivity contribution in [2.75, 3.05) is 13.2 Å². The van der Waals surface area contributed by atoms with Crippen LogP contribution in [0.25, 0.3) is 0 Å². The number of hydrogen-bond donors (Lipinski definition) is 0. The molecule has 0 bridgehead atoms. The van der Waals surface area contributed by atoms with Crippen molar-refractivity contribution in [1.29, 1.82) is 0 Å². The van der Waals surface area contributed by atoms with Crippen molar-refractivity contribution in [1.82, 2.24) is 9.78 Å². The minimum absolute atomic E-state index is 0.0125. The van der Waals surface area contributed by atoms with Gasteiger partial charge in [0.1, 0.15) is 6.61 Å². The first-order valence-corrected chi connectivity index (χ1v) is 4.41. The van der Waals surface area contributed by atoms with E-state index in [4.69, 9.17) is 4.74 Å². The van der Waals surface area contributed by atoms with Crippen molar-refractivity contribution in [3.63, 3.8) is 0 Å². The third-order valence-corrected chi connectivity index (χ3v) is 1.72. The summed E-state index contributed by atoms with van der Waals surface area (Å²) in [7, 11) is 0. The summed E-state index contributed by atoms with van der Waals surface area (Å²) < 4.78 is 6.73. The maximum Gasteiger partial charge on any atom is 0.191 e. The van der Waals surface area contributed by atoms with E-state index >= 15 is 0 Å². The lowest BCUT2D eigenvalue weighted by atomic mass is 10.2. The van der Waals surface area contributed by atoms with Gasteiger partial charge in [-0.15, -0.1) is 0 Å². The Balaban J connectivity index is 2.55. The Morgan fingerprint density at radius 3 is 2.92 bits per heavy atom. The lowest BCUT2D eigenvalue weighted by molar-refractivity contribution is 0.0783. The largest absolute Gasteiger partial charge is 0.374 e. The van der Waals surface area contributed by atoms with Crippen molar-refractivity contribution >= 4 is 5.78 Å². The molecule has 0 N–H and O–H groups in total. The van der Waals surface area contributed by atoms with Gasteiger partial charge >= 0.3 is 0 Å². The zero-order valence-electron chi connectivity index (χ0n) is 7.99. The summed E-state index contributed by atoms with van der Waals surface area (Å²) in [6.45, 7) is 5.33. The summed E-state index contributed by atoms with van der Waals surface area (Å²) >= 11 is 0. The quantitative estimate of drug-likeness (QED) is 0.641. The monoisotopic (exact) mass is 182 g/mol. The van der Waals surface area contributed by atoms with Gasteiger partial charge in [-0.2, -0.15) is 5.10 Å². The van der Waals surface area contributed by atoms with Gasteiger partial charge < -0.3 is 4.74 Å². The van der Waals surface area contributed by atoms with E-state index in [9.17, 15) is 4.79 Å². The Labute approximate surface area is 77.5 Å². The number of Topliss-reactive ketones (excluding diaryl/α,β-unsaturated/α-hetero) is 1. The van der Waals surface area contributed by atoms with Crippen LogP contribution in [0.5, 0.6) is 0 Å². The number of ketones is 1. The van der Waals surface area contributed by atoms with Gasteiger partial charge in [0.05, 0.1) is 11.8 Å². The smallest absolute Gasteiger partial charge is 0.191 e. The van der Waals surface area contributed by atoms with Gasteiger partial charge in [-0.1, -0.05) is 0 Å². The SMILES string of the molecule is CCOCC(=O)c1cnn(CC)c1. The average Bonchev–Trinajstić information content (AvgIpc) is 2.62. The van der Waals surface area contributed by atoms with Crippen LogP contribution in [0.1, 0.15) is 24.2 Å². The minimum atomic E-state index is -0.0125. The number of ether oxygens (including phenoxy) is 1. The van der Waals surface area contributed by atoms with E-state index in [1.165, 1.54) is 0 Å². The van der Waals surface area contributed by atoms with Crippen molar-refractivity contribution < 1.29 is 9.53 Å². The predicted octanol–water partition coefficient (Wildman–Crippen LogP) is 1.12. The zero-order chi connectivity index (χ0) is 9.68. The first kappa shape index (κ1) is 9.92. The van der Waals surface area contributed by atoms with Crippen LogP contribution in [0.3, 0.4) is 0 Å². The molecule has 1 heterocycles. The highest BCUT2D eigenvalue weighted by atomic mass is 16.5. The highest BCUT2D eigenvalue weighted by Crippen LogP contribution is 1.99. The standard InChI is InChI=1S/C9H14N2O2/c1-3-11-6-8(5-10-11)9(12)7-13-4-2/h5-6H,3-4,7H2,1-2H3. The van der Waals surface area contributed by atoms with Crippen LogP contribution < -0.4 is 0 Å². The molecule has 72 valence electrons. The molecule has 1 rings (SSSR count). The molecule has 1 aromatic heterocycles. The number of carbonyl (C=O) groups is 1. The molecule has 0 aliphatic heterocycles. The van der Waals surface area contributed by atoms with Crippen LogP contribution in [-0.4, -0.2) is 28.8 Å². The van der Waals surface area contributed by atoms with E-state index < -0.39 is 0 Å². The Kier molecular flexibility index (Phi) is 3.64. The fourth-order valence-corrected chi connectivity index (χ4v) is 0.959. The Morgan fingerprint density at radius 1 is 1.62 bits per heavy atom. The van der Waals surface area contributed by atoms with E-state index in [1.807, 2.05) is 13.8 Å². The number of rotatable bonds is 5. The molecule has 0 fully saturated rings. The fourth-order valence-electron chi connectivity index (χ4n) is 0.959. The molecule has 0 aromatic carbocycles. The Bertz CT molecular complexity index is 281. The van der Waals surface area contributed by atoms with Gasteiger partial charge in [0.2, 0.25) is 0 Å². The lowest BCUT2D eigenvalue weighted by Gasteiger charge is -1.96. The minimum Gasteiger partial charge on any atom is -0.374 e. The van der Waals surface area contributed by atoms with E-state index in [2.05, 4.69) is 5.10 Å². The highest BCUT2D eigenvalue weighted by Gasteiger charge is 2.07. The Hall–Kier alpha value is -1.16. The van der Waals surface area contributed by atoms with E-state index in [0.717, 1.165) is 6.54 Å². The molecule has 0 atom stereocenters. The summed E-state index contributed by atoms with van der Waals surface area (Å²) in [6.07, 6.45) is 3.31. The van der Waals surface area contributed by atoms with Gasteiger partial charge in [0.15, 0.2) is 5.78 Å². The molecule has 0 unspecified atom stereocenters. The zero-order valence-corrected chi connectivity index (χ0v) is 7.99. The second-order valence-electron chi connectivity index (χ2n) is 2.65. The van der Waals surface area contributed by atoms with E-state index in [0.29, 0.717) is 12.2 Å². The van der Waals surface area contributed by atoms with E-state index in [1.54, 1.807) is 17.1 Å². The summed E-state index contributed by atoms with van der Waals surface area (Å²) in [5.41, 5.74) is 0.621. The van der Waals surface area contributed by atoms with Crippen LogP contribution in [0, 0.1) is 0 Å². The van der Waals surface area contributed by atoms with Crippen LogP contribution in [0.2, 0.25) is 0 Å². The molecule has 0 spiro atoms. The summed E-state index contributed by atoms with van der Waals surface area (Å²) in [5.74, 6) is -0.0125. The van der Waals surface area contributed by atoms with Gasteiger partial charge in [0, 0.05) is 19.3 Å². The molecule has 4 nitrogen and oxygen atoms in total. The lowest BCUT2D eigenvalue weighted by Crippen LogP contribution is -2.07. The second-order valence-corrected chi connectivity index (χ2v) is 2.65. The average molecular weight is 182 g/mol. The highest BCUT2D eigenvalue weighted by molar-refractivity contribution is 5.96. The van der Waals surface area contributed by atoms with E-state index in [-0.39, 0.29) is 12.4 Å². The second kappa shape index (κ2) is 4.77. The maximum absolute atomic E-state index is 11.4. The molecule has 0 aliphatic rings. The molecule has 0 radical (unpaired) electrons. The van der Waals surface area contributed by atoms with Crippen LogP contribution >= 0.6 is 0 Å². The number of hydrogen-bond acceptors (Lipinski definition) is 3. The van der Waals surface area contributed by atoms with Crippen molar-refractivity contribution in [3.05, 3.63) is 18.0 Å². The Morgan fingerprint density at radius 2 is 2.38 bits per heavy atom.